The molecular weight excluding hydrogens is 468 g/mol. The van der Waals surface area contributed by atoms with Crippen molar-refractivity contribution >= 4 is 51.1 Å². The van der Waals surface area contributed by atoms with Gasteiger partial charge in [-0.25, -0.2) is 4.98 Å². The third-order valence-corrected chi connectivity index (χ3v) is 7.06. The molecule has 0 aliphatic carbocycles. The molecule has 3 heterocycles. The standard InChI is InChI=1S/C25H19ClN6OS/c1-30-23(33)18-9-5-6-10-20(18)32-24(30)28-29-25(32)34-15-22-27-19-13-17(26)11-12-21(19)31(22)14-16-7-3-2-4-8-16/h2-13H,14-15H2,1H3. The van der Waals surface area contributed by atoms with Crippen LogP contribution in [0.15, 0.2) is 82.7 Å². The molecular formula is C25H19ClN6OS. The molecule has 168 valence electrons. The predicted octanol–water partition coefficient (Wildman–Crippen LogP) is 4.92. The van der Waals surface area contributed by atoms with Crippen molar-refractivity contribution in [2.45, 2.75) is 17.5 Å². The molecule has 0 aliphatic heterocycles. The van der Waals surface area contributed by atoms with E-state index in [0.29, 0.717) is 33.6 Å². The van der Waals surface area contributed by atoms with E-state index in [2.05, 4.69) is 26.9 Å². The molecule has 0 unspecified atom stereocenters. The molecule has 3 aromatic heterocycles. The van der Waals surface area contributed by atoms with Crippen molar-refractivity contribution in [3.05, 3.63) is 99.6 Å². The van der Waals surface area contributed by atoms with E-state index in [1.807, 2.05) is 65.1 Å². The van der Waals surface area contributed by atoms with Crippen molar-refractivity contribution in [1.29, 1.82) is 0 Å². The van der Waals surface area contributed by atoms with Crippen LogP contribution >= 0.6 is 23.4 Å². The highest BCUT2D eigenvalue weighted by molar-refractivity contribution is 7.98. The van der Waals surface area contributed by atoms with Crippen LogP contribution in [0.5, 0.6) is 0 Å². The third kappa shape index (κ3) is 3.46. The Bertz CT molecular complexity index is 1740. The maximum atomic E-state index is 12.7. The highest BCUT2D eigenvalue weighted by Gasteiger charge is 2.17. The molecule has 0 amide bonds. The summed E-state index contributed by atoms with van der Waals surface area (Å²) in [5.41, 5.74) is 3.78. The number of imidazole rings is 1. The SMILES string of the molecule is Cn1c(=O)c2ccccc2n2c(SCc3nc4cc(Cl)ccc4n3Cc3ccccc3)nnc12. The van der Waals surface area contributed by atoms with Gasteiger partial charge in [0, 0.05) is 18.6 Å². The lowest BCUT2D eigenvalue weighted by Gasteiger charge is -2.10. The van der Waals surface area contributed by atoms with Gasteiger partial charge in [0.25, 0.3) is 5.56 Å². The average molecular weight is 487 g/mol. The summed E-state index contributed by atoms with van der Waals surface area (Å²) in [5, 5.41) is 10.7. The fraction of sp³-hybridized carbons (Fsp3) is 0.120. The second-order valence-corrected chi connectivity index (χ2v) is 9.40. The first-order valence-corrected chi connectivity index (χ1v) is 12.1. The quantitative estimate of drug-likeness (QED) is 0.323. The number of rotatable bonds is 5. The number of nitrogens with zero attached hydrogens (tertiary/aromatic N) is 6. The fourth-order valence-corrected chi connectivity index (χ4v) is 5.29. The molecule has 9 heteroatoms. The number of hydrogen-bond acceptors (Lipinski definition) is 5. The highest BCUT2D eigenvalue weighted by Crippen LogP contribution is 2.28. The first-order chi connectivity index (χ1) is 16.6. The van der Waals surface area contributed by atoms with Crippen LogP contribution in [0.3, 0.4) is 0 Å². The molecule has 34 heavy (non-hydrogen) atoms. The molecule has 0 N–H and O–H groups in total. The van der Waals surface area contributed by atoms with Gasteiger partial charge >= 0.3 is 0 Å². The summed E-state index contributed by atoms with van der Waals surface area (Å²) < 4.78 is 5.68. The van der Waals surface area contributed by atoms with Crippen LogP contribution in [0.25, 0.3) is 27.7 Å². The first kappa shape index (κ1) is 20.9. The van der Waals surface area contributed by atoms with Gasteiger partial charge in [-0.05, 0) is 35.9 Å². The van der Waals surface area contributed by atoms with Gasteiger partial charge in [-0.1, -0.05) is 65.8 Å². The van der Waals surface area contributed by atoms with Crippen LogP contribution < -0.4 is 5.56 Å². The predicted molar refractivity (Wildman–Crippen MR) is 136 cm³/mol. The molecule has 7 nitrogen and oxygen atoms in total. The number of halogens is 1. The molecule has 0 radical (unpaired) electrons. The number of fused-ring (bicyclic) bond motifs is 4. The van der Waals surface area contributed by atoms with Crippen LogP contribution in [-0.2, 0) is 19.3 Å². The number of thioether (sulfide) groups is 1. The zero-order valence-corrected chi connectivity index (χ0v) is 19.8. The molecule has 0 fully saturated rings. The number of benzene rings is 3. The van der Waals surface area contributed by atoms with Crippen molar-refractivity contribution < 1.29 is 0 Å². The minimum absolute atomic E-state index is 0.0893. The molecule has 0 bridgehead atoms. The maximum absolute atomic E-state index is 12.7. The van der Waals surface area contributed by atoms with Crippen molar-refractivity contribution in [2.75, 3.05) is 0 Å². The normalized spacial score (nSPS) is 11.7. The Morgan fingerprint density at radius 2 is 1.74 bits per heavy atom. The van der Waals surface area contributed by atoms with Gasteiger partial charge in [0.05, 0.1) is 27.7 Å². The van der Waals surface area contributed by atoms with E-state index in [-0.39, 0.29) is 5.56 Å². The summed E-state index contributed by atoms with van der Waals surface area (Å²) in [7, 11) is 1.72. The third-order valence-electron chi connectivity index (χ3n) is 5.90. The lowest BCUT2D eigenvalue weighted by Crippen LogP contribution is -2.20. The molecule has 0 spiro atoms. The maximum Gasteiger partial charge on any atom is 0.262 e. The first-order valence-electron chi connectivity index (χ1n) is 10.7. The summed E-state index contributed by atoms with van der Waals surface area (Å²) in [6.07, 6.45) is 0. The van der Waals surface area contributed by atoms with Crippen LogP contribution in [0.1, 0.15) is 11.4 Å². The monoisotopic (exact) mass is 486 g/mol. The second kappa shape index (κ2) is 8.30. The smallest absolute Gasteiger partial charge is 0.262 e. The summed E-state index contributed by atoms with van der Waals surface area (Å²) in [5.74, 6) is 2.00. The molecule has 0 atom stereocenters. The molecule has 0 aliphatic rings. The highest BCUT2D eigenvalue weighted by atomic mass is 35.5. The number of aromatic nitrogens is 6. The molecule has 6 aromatic rings. The molecule has 6 rings (SSSR count). The zero-order valence-electron chi connectivity index (χ0n) is 18.2. The molecule has 0 saturated heterocycles. The lowest BCUT2D eigenvalue weighted by molar-refractivity contribution is 0.779. The summed E-state index contributed by atoms with van der Waals surface area (Å²) >= 11 is 7.78. The van der Waals surface area contributed by atoms with E-state index in [1.165, 1.54) is 10.1 Å². The zero-order chi connectivity index (χ0) is 23.2. The Labute approximate surface area is 203 Å². The number of aryl methyl sites for hydroxylation is 1. The fourth-order valence-electron chi connectivity index (χ4n) is 4.24. The number of para-hydroxylation sites is 1. The Balaban J connectivity index is 1.43. The Morgan fingerprint density at radius 1 is 0.941 bits per heavy atom. The lowest BCUT2D eigenvalue weighted by atomic mass is 10.2. The van der Waals surface area contributed by atoms with E-state index >= 15 is 0 Å². The Morgan fingerprint density at radius 3 is 2.59 bits per heavy atom. The van der Waals surface area contributed by atoms with Gasteiger partial charge in [0.2, 0.25) is 5.78 Å². The second-order valence-electron chi connectivity index (χ2n) is 8.02. The van der Waals surface area contributed by atoms with E-state index < -0.39 is 0 Å². The Kier molecular flexibility index (Phi) is 5.12. The van der Waals surface area contributed by atoms with Crippen LogP contribution in [0.2, 0.25) is 5.02 Å². The van der Waals surface area contributed by atoms with Crippen molar-refractivity contribution in [2.24, 2.45) is 7.05 Å². The molecule has 3 aromatic carbocycles. The summed E-state index contributed by atoms with van der Waals surface area (Å²) in [4.78, 5) is 17.6. The summed E-state index contributed by atoms with van der Waals surface area (Å²) in [6.45, 7) is 0.701. The average Bonchev–Trinajstić information content (AvgIpc) is 3.43. The van der Waals surface area contributed by atoms with Gasteiger partial charge in [0.15, 0.2) is 5.16 Å². The van der Waals surface area contributed by atoms with Crippen LogP contribution in [-0.4, -0.2) is 28.7 Å². The van der Waals surface area contributed by atoms with Gasteiger partial charge in [-0.3, -0.25) is 13.8 Å². The van der Waals surface area contributed by atoms with E-state index in [9.17, 15) is 4.79 Å². The Hall–Kier alpha value is -3.62. The van der Waals surface area contributed by atoms with Crippen molar-refractivity contribution in [1.82, 2.24) is 28.7 Å². The molecule has 0 saturated carbocycles. The van der Waals surface area contributed by atoms with E-state index in [4.69, 9.17) is 16.6 Å². The van der Waals surface area contributed by atoms with Crippen LogP contribution in [0, 0.1) is 0 Å². The van der Waals surface area contributed by atoms with E-state index in [0.717, 1.165) is 22.4 Å². The topological polar surface area (TPSA) is 70.0 Å². The van der Waals surface area contributed by atoms with Crippen molar-refractivity contribution in [3.8, 4) is 0 Å². The minimum atomic E-state index is -0.0893. The minimum Gasteiger partial charge on any atom is -0.323 e. The van der Waals surface area contributed by atoms with Gasteiger partial charge < -0.3 is 4.57 Å². The van der Waals surface area contributed by atoms with Gasteiger partial charge in [-0.15, -0.1) is 10.2 Å². The largest absolute Gasteiger partial charge is 0.323 e. The number of hydrogen-bond donors (Lipinski definition) is 0. The van der Waals surface area contributed by atoms with Crippen LogP contribution in [0.4, 0.5) is 0 Å². The summed E-state index contributed by atoms with van der Waals surface area (Å²) in [6, 6.07) is 23.6. The van der Waals surface area contributed by atoms with E-state index in [1.54, 1.807) is 18.8 Å². The van der Waals surface area contributed by atoms with Crippen molar-refractivity contribution in [3.63, 3.8) is 0 Å². The van der Waals surface area contributed by atoms with Gasteiger partial charge in [0.1, 0.15) is 5.82 Å². The van der Waals surface area contributed by atoms with Gasteiger partial charge in [-0.2, -0.15) is 0 Å².